The highest BCUT2D eigenvalue weighted by atomic mass is 32.2. The van der Waals surface area contributed by atoms with Crippen molar-refractivity contribution in [2.24, 2.45) is 5.92 Å². The molecule has 1 fully saturated rings. The maximum absolute atomic E-state index is 12.7. The molecule has 0 aromatic heterocycles. The molecule has 5 nitrogen and oxygen atoms in total. The number of nitrogens with one attached hydrogen (secondary N) is 1. The Morgan fingerprint density at radius 3 is 2.67 bits per heavy atom. The van der Waals surface area contributed by atoms with E-state index < -0.39 is 9.84 Å². The first-order valence-electron chi connectivity index (χ1n) is 6.80. The lowest BCUT2D eigenvalue weighted by atomic mass is 10.1. The van der Waals surface area contributed by atoms with Crippen LogP contribution < -0.4 is 10.1 Å². The van der Waals surface area contributed by atoms with Gasteiger partial charge < -0.3 is 10.1 Å². The maximum Gasteiger partial charge on any atom is 0.223 e. The Balaban J connectivity index is 1.63. The average molecular weight is 315 g/mol. The molecule has 1 heterocycles. The third kappa shape index (κ3) is 5.34. The van der Waals surface area contributed by atoms with Crippen LogP contribution in [0.3, 0.4) is 0 Å². The molecule has 1 aromatic carbocycles. The van der Waals surface area contributed by atoms with E-state index in [1.165, 1.54) is 24.3 Å². The summed E-state index contributed by atoms with van der Waals surface area (Å²) in [6.45, 7) is 0.578. The first-order valence-corrected chi connectivity index (χ1v) is 8.62. The Labute approximate surface area is 123 Å². The van der Waals surface area contributed by atoms with Crippen LogP contribution in [0.4, 0.5) is 4.39 Å². The van der Waals surface area contributed by atoms with E-state index >= 15 is 0 Å². The van der Waals surface area contributed by atoms with Crippen molar-refractivity contribution in [1.82, 2.24) is 5.32 Å². The highest BCUT2D eigenvalue weighted by molar-refractivity contribution is 7.91. The SMILES string of the molecule is O=C(CCOc1ccc(F)cc1)NC[C@@H]1CCS(=O)(=O)C1. The van der Waals surface area contributed by atoms with Crippen LogP contribution in [0, 0.1) is 11.7 Å². The number of benzene rings is 1. The molecule has 1 N–H and O–H groups in total. The number of hydrogen-bond donors (Lipinski definition) is 1. The van der Waals surface area contributed by atoms with Gasteiger partial charge in [-0.1, -0.05) is 0 Å². The number of rotatable bonds is 6. The van der Waals surface area contributed by atoms with Gasteiger partial charge in [0.05, 0.1) is 24.5 Å². The number of halogens is 1. The topological polar surface area (TPSA) is 72.5 Å². The summed E-state index contributed by atoms with van der Waals surface area (Å²) in [5.41, 5.74) is 0. The summed E-state index contributed by atoms with van der Waals surface area (Å²) in [6, 6.07) is 5.57. The zero-order valence-corrected chi connectivity index (χ0v) is 12.4. The Morgan fingerprint density at radius 2 is 2.05 bits per heavy atom. The zero-order valence-electron chi connectivity index (χ0n) is 11.5. The van der Waals surface area contributed by atoms with Crippen LogP contribution in [0.2, 0.25) is 0 Å². The van der Waals surface area contributed by atoms with Gasteiger partial charge in [-0.3, -0.25) is 4.79 Å². The van der Waals surface area contributed by atoms with Gasteiger partial charge in [-0.2, -0.15) is 0 Å². The Kier molecular flexibility index (Phi) is 5.17. The first-order chi connectivity index (χ1) is 9.94. The number of carbonyl (C=O) groups is 1. The Hall–Kier alpha value is -1.63. The molecule has 0 saturated carbocycles. The fourth-order valence-electron chi connectivity index (χ4n) is 2.17. The van der Waals surface area contributed by atoms with Gasteiger partial charge in [-0.05, 0) is 36.6 Å². The van der Waals surface area contributed by atoms with Gasteiger partial charge in [0.2, 0.25) is 5.91 Å². The molecule has 0 radical (unpaired) electrons. The van der Waals surface area contributed by atoms with E-state index in [0.717, 1.165) is 0 Å². The number of hydrogen-bond acceptors (Lipinski definition) is 4. The normalized spacial score (nSPS) is 20.1. The second kappa shape index (κ2) is 6.89. The van der Waals surface area contributed by atoms with Crippen molar-refractivity contribution >= 4 is 15.7 Å². The second-order valence-corrected chi connectivity index (χ2v) is 7.35. The fraction of sp³-hybridized carbons (Fsp3) is 0.500. The largest absolute Gasteiger partial charge is 0.493 e. The molecule has 0 aliphatic carbocycles. The summed E-state index contributed by atoms with van der Waals surface area (Å²) >= 11 is 0. The van der Waals surface area contributed by atoms with E-state index in [4.69, 9.17) is 4.74 Å². The van der Waals surface area contributed by atoms with Crippen molar-refractivity contribution < 1.29 is 22.3 Å². The summed E-state index contributed by atoms with van der Waals surface area (Å²) in [5, 5.41) is 2.71. The summed E-state index contributed by atoms with van der Waals surface area (Å²) in [6.07, 6.45) is 0.783. The van der Waals surface area contributed by atoms with Crippen molar-refractivity contribution in [3.8, 4) is 5.75 Å². The van der Waals surface area contributed by atoms with Crippen LogP contribution in [0.15, 0.2) is 24.3 Å². The molecule has 0 spiro atoms. The molecule has 21 heavy (non-hydrogen) atoms. The van der Waals surface area contributed by atoms with Crippen molar-refractivity contribution in [2.75, 3.05) is 24.7 Å². The Bertz CT molecular complexity index is 585. The maximum atomic E-state index is 12.7. The summed E-state index contributed by atoms with van der Waals surface area (Å²) in [7, 11) is -2.91. The molecule has 2 rings (SSSR count). The molecule has 1 aliphatic heterocycles. The van der Waals surface area contributed by atoms with E-state index in [9.17, 15) is 17.6 Å². The van der Waals surface area contributed by atoms with Crippen LogP contribution >= 0.6 is 0 Å². The van der Waals surface area contributed by atoms with E-state index in [0.29, 0.717) is 18.7 Å². The molecule has 1 atom stereocenters. The summed E-state index contributed by atoms with van der Waals surface area (Å²) in [5.74, 6) is 0.358. The van der Waals surface area contributed by atoms with Crippen LogP contribution in [0.5, 0.6) is 5.75 Å². The fourth-order valence-corrected chi connectivity index (χ4v) is 4.03. The van der Waals surface area contributed by atoms with Crippen molar-refractivity contribution in [3.63, 3.8) is 0 Å². The van der Waals surface area contributed by atoms with Crippen molar-refractivity contribution in [3.05, 3.63) is 30.1 Å². The molecule has 1 amide bonds. The minimum absolute atomic E-state index is 0.0111. The zero-order chi connectivity index (χ0) is 15.3. The lowest BCUT2D eigenvalue weighted by Gasteiger charge is -2.10. The number of amides is 1. The van der Waals surface area contributed by atoms with Gasteiger partial charge in [-0.25, -0.2) is 12.8 Å². The van der Waals surface area contributed by atoms with E-state index in [1.54, 1.807) is 0 Å². The van der Waals surface area contributed by atoms with Crippen molar-refractivity contribution in [2.45, 2.75) is 12.8 Å². The van der Waals surface area contributed by atoms with Crippen molar-refractivity contribution in [1.29, 1.82) is 0 Å². The highest BCUT2D eigenvalue weighted by Crippen LogP contribution is 2.17. The molecule has 7 heteroatoms. The Morgan fingerprint density at radius 1 is 1.33 bits per heavy atom. The molecular formula is C14H18FNO4S. The van der Waals surface area contributed by atoms with E-state index in [-0.39, 0.29) is 42.2 Å². The molecule has 0 bridgehead atoms. The lowest BCUT2D eigenvalue weighted by Crippen LogP contribution is -2.30. The van der Waals surface area contributed by atoms with Gasteiger partial charge >= 0.3 is 0 Å². The van der Waals surface area contributed by atoms with Gasteiger partial charge in [-0.15, -0.1) is 0 Å². The van der Waals surface area contributed by atoms with Gasteiger partial charge in [0.1, 0.15) is 11.6 Å². The summed E-state index contributed by atoms with van der Waals surface area (Å²) in [4.78, 5) is 11.6. The third-order valence-corrected chi connectivity index (χ3v) is 5.16. The monoisotopic (exact) mass is 315 g/mol. The van der Waals surface area contributed by atoms with Crippen LogP contribution in [0.25, 0.3) is 0 Å². The van der Waals surface area contributed by atoms with Crippen LogP contribution in [-0.2, 0) is 14.6 Å². The first kappa shape index (κ1) is 15.8. The standard InChI is InChI=1S/C14H18FNO4S/c15-12-1-3-13(4-2-12)20-7-5-14(17)16-9-11-6-8-21(18,19)10-11/h1-4,11H,5-10H2,(H,16,17)/t11-/m0/s1. The quantitative estimate of drug-likeness (QED) is 0.854. The minimum Gasteiger partial charge on any atom is -0.493 e. The van der Waals surface area contributed by atoms with Crippen LogP contribution in [0.1, 0.15) is 12.8 Å². The molecule has 1 saturated heterocycles. The number of carbonyl (C=O) groups excluding carboxylic acids is 1. The van der Waals surface area contributed by atoms with Gasteiger partial charge in [0, 0.05) is 6.54 Å². The number of sulfone groups is 1. The van der Waals surface area contributed by atoms with Crippen LogP contribution in [-0.4, -0.2) is 39.0 Å². The van der Waals surface area contributed by atoms with E-state index in [1.807, 2.05) is 0 Å². The average Bonchev–Trinajstić information content (AvgIpc) is 2.78. The minimum atomic E-state index is -2.91. The lowest BCUT2D eigenvalue weighted by molar-refractivity contribution is -0.121. The molecule has 1 aliphatic rings. The third-order valence-electron chi connectivity index (χ3n) is 3.33. The molecule has 0 unspecified atom stereocenters. The van der Waals surface area contributed by atoms with Gasteiger partial charge in [0.15, 0.2) is 9.84 Å². The number of ether oxygens (including phenoxy) is 1. The summed E-state index contributed by atoms with van der Waals surface area (Å²) < 4.78 is 40.5. The predicted molar refractivity (Wildman–Crippen MR) is 76.3 cm³/mol. The van der Waals surface area contributed by atoms with Gasteiger partial charge in [0.25, 0.3) is 0 Å². The molecular weight excluding hydrogens is 297 g/mol. The smallest absolute Gasteiger partial charge is 0.223 e. The van der Waals surface area contributed by atoms with E-state index in [2.05, 4.69) is 5.32 Å². The second-order valence-electron chi connectivity index (χ2n) is 5.13. The molecule has 116 valence electrons. The highest BCUT2D eigenvalue weighted by Gasteiger charge is 2.27. The predicted octanol–water partition coefficient (Wildman–Crippen LogP) is 1.15. The molecule has 1 aromatic rings.